The maximum absolute atomic E-state index is 12.2. The predicted octanol–water partition coefficient (Wildman–Crippen LogP) is 4.18. The Labute approximate surface area is 131 Å². The summed E-state index contributed by atoms with van der Waals surface area (Å²) in [6, 6.07) is 17.3. The molecular formula is C17H13BrN2O. The number of benzene rings is 2. The summed E-state index contributed by atoms with van der Waals surface area (Å²) in [6.45, 7) is 0. The second kappa shape index (κ2) is 6.06. The molecule has 0 spiro atoms. The van der Waals surface area contributed by atoms with Crippen molar-refractivity contribution in [3.05, 3.63) is 70.8 Å². The highest BCUT2D eigenvalue weighted by atomic mass is 79.9. The van der Waals surface area contributed by atoms with Crippen molar-refractivity contribution in [3.8, 4) is 0 Å². The minimum absolute atomic E-state index is 0.0459. The minimum Gasteiger partial charge on any atom is -0.324 e. The molecule has 0 bridgehead atoms. The standard InChI is InChI=1S/C17H13BrN2O/c18-14-8-9-15(17-13(14)7-4-10-19-17)20-16(21)11-12-5-2-1-3-6-12/h1-10H,11H2,(H,20,21). The number of rotatable bonds is 3. The van der Waals surface area contributed by atoms with Crippen LogP contribution in [0.15, 0.2) is 65.3 Å². The molecule has 3 nitrogen and oxygen atoms in total. The number of hydrogen-bond donors (Lipinski definition) is 1. The molecule has 0 aliphatic rings. The van der Waals surface area contributed by atoms with E-state index >= 15 is 0 Å². The maximum atomic E-state index is 12.2. The third-order valence-corrected chi connectivity index (χ3v) is 3.89. The molecule has 3 rings (SSSR count). The van der Waals surface area contributed by atoms with Gasteiger partial charge in [-0.2, -0.15) is 0 Å². The molecule has 21 heavy (non-hydrogen) atoms. The van der Waals surface area contributed by atoms with Crippen LogP contribution in [0.4, 0.5) is 5.69 Å². The van der Waals surface area contributed by atoms with E-state index in [4.69, 9.17) is 0 Å². The van der Waals surface area contributed by atoms with E-state index in [1.54, 1.807) is 6.20 Å². The first-order chi connectivity index (χ1) is 10.2. The van der Waals surface area contributed by atoms with Crippen molar-refractivity contribution in [3.63, 3.8) is 0 Å². The molecule has 0 saturated heterocycles. The third kappa shape index (κ3) is 3.11. The van der Waals surface area contributed by atoms with Crippen LogP contribution in [-0.4, -0.2) is 10.9 Å². The summed E-state index contributed by atoms with van der Waals surface area (Å²) in [5.41, 5.74) is 2.51. The van der Waals surface area contributed by atoms with E-state index < -0.39 is 0 Å². The van der Waals surface area contributed by atoms with Gasteiger partial charge >= 0.3 is 0 Å². The summed E-state index contributed by atoms with van der Waals surface area (Å²) in [5, 5.41) is 3.92. The fourth-order valence-corrected chi connectivity index (χ4v) is 2.67. The van der Waals surface area contributed by atoms with Gasteiger partial charge in [0.25, 0.3) is 0 Å². The van der Waals surface area contributed by atoms with Crippen LogP contribution in [-0.2, 0) is 11.2 Å². The number of carbonyl (C=O) groups is 1. The molecule has 3 aromatic rings. The molecule has 0 saturated carbocycles. The van der Waals surface area contributed by atoms with Crippen LogP contribution in [0, 0.1) is 0 Å². The number of hydrogen-bond acceptors (Lipinski definition) is 2. The van der Waals surface area contributed by atoms with E-state index in [0.717, 1.165) is 26.6 Å². The molecule has 0 aliphatic carbocycles. The Morgan fingerprint density at radius 1 is 1.05 bits per heavy atom. The summed E-state index contributed by atoms with van der Waals surface area (Å²) < 4.78 is 0.964. The van der Waals surface area contributed by atoms with Crippen molar-refractivity contribution in [2.45, 2.75) is 6.42 Å². The highest BCUT2D eigenvalue weighted by molar-refractivity contribution is 9.10. The van der Waals surface area contributed by atoms with Gasteiger partial charge in [0.1, 0.15) is 0 Å². The number of fused-ring (bicyclic) bond motifs is 1. The van der Waals surface area contributed by atoms with E-state index in [-0.39, 0.29) is 5.91 Å². The summed E-state index contributed by atoms with van der Waals surface area (Å²) in [7, 11) is 0. The maximum Gasteiger partial charge on any atom is 0.228 e. The second-order valence-electron chi connectivity index (χ2n) is 4.71. The Kier molecular flexibility index (Phi) is 3.97. The van der Waals surface area contributed by atoms with Gasteiger partial charge in [0.2, 0.25) is 5.91 Å². The number of aromatic nitrogens is 1. The van der Waals surface area contributed by atoms with Gasteiger partial charge in [-0.1, -0.05) is 52.3 Å². The van der Waals surface area contributed by atoms with Gasteiger partial charge in [-0.25, -0.2) is 0 Å². The lowest BCUT2D eigenvalue weighted by molar-refractivity contribution is -0.115. The van der Waals surface area contributed by atoms with Crippen molar-refractivity contribution < 1.29 is 4.79 Å². The lowest BCUT2D eigenvalue weighted by atomic mass is 10.1. The number of amides is 1. The lowest BCUT2D eigenvalue weighted by Gasteiger charge is -2.09. The van der Waals surface area contributed by atoms with Crippen LogP contribution >= 0.6 is 15.9 Å². The summed E-state index contributed by atoms with van der Waals surface area (Å²) >= 11 is 3.50. The fraction of sp³-hybridized carbons (Fsp3) is 0.0588. The molecular weight excluding hydrogens is 328 g/mol. The van der Waals surface area contributed by atoms with E-state index in [1.807, 2.05) is 54.6 Å². The monoisotopic (exact) mass is 340 g/mol. The topological polar surface area (TPSA) is 42.0 Å². The summed E-state index contributed by atoms with van der Waals surface area (Å²) in [5.74, 6) is -0.0459. The Morgan fingerprint density at radius 3 is 2.67 bits per heavy atom. The molecule has 1 aromatic heterocycles. The molecule has 0 unspecified atom stereocenters. The Morgan fingerprint density at radius 2 is 1.86 bits per heavy atom. The average Bonchev–Trinajstić information content (AvgIpc) is 2.51. The van der Waals surface area contributed by atoms with Gasteiger partial charge in [-0.3, -0.25) is 9.78 Å². The average molecular weight is 341 g/mol. The lowest BCUT2D eigenvalue weighted by Crippen LogP contribution is -2.14. The third-order valence-electron chi connectivity index (χ3n) is 3.20. The number of halogens is 1. The van der Waals surface area contributed by atoms with Gasteiger partial charge in [0, 0.05) is 16.1 Å². The Bertz CT molecular complexity index is 787. The van der Waals surface area contributed by atoms with Crippen molar-refractivity contribution in [2.24, 2.45) is 0 Å². The largest absolute Gasteiger partial charge is 0.324 e. The number of anilines is 1. The van der Waals surface area contributed by atoms with Crippen molar-refractivity contribution in [1.82, 2.24) is 4.98 Å². The van der Waals surface area contributed by atoms with Gasteiger partial charge in [0.05, 0.1) is 17.6 Å². The Hall–Kier alpha value is -2.20. The van der Waals surface area contributed by atoms with Crippen LogP contribution in [0.3, 0.4) is 0 Å². The van der Waals surface area contributed by atoms with Crippen LogP contribution < -0.4 is 5.32 Å². The molecule has 1 N–H and O–H groups in total. The van der Waals surface area contributed by atoms with Gasteiger partial charge in [0.15, 0.2) is 0 Å². The number of nitrogens with one attached hydrogen (secondary N) is 1. The van der Waals surface area contributed by atoms with Crippen LogP contribution in [0.25, 0.3) is 10.9 Å². The van der Waals surface area contributed by atoms with Crippen LogP contribution in [0.1, 0.15) is 5.56 Å². The van der Waals surface area contributed by atoms with Gasteiger partial charge in [-0.05, 0) is 23.8 Å². The zero-order valence-electron chi connectivity index (χ0n) is 11.2. The molecule has 4 heteroatoms. The molecule has 0 radical (unpaired) electrons. The highest BCUT2D eigenvalue weighted by Gasteiger charge is 2.09. The zero-order chi connectivity index (χ0) is 14.7. The number of nitrogens with zero attached hydrogens (tertiary/aromatic N) is 1. The van der Waals surface area contributed by atoms with E-state index in [1.165, 1.54) is 0 Å². The predicted molar refractivity (Wildman–Crippen MR) is 88.2 cm³/mol. The Balaban J connectivity index is 1.85. The summed E-state index contributed by atoms with van der Waals surface area (Å²) in [4.78, 5) is 16.5. The molecule has 0 aliphatic heterocycles. The molecule has 1 heterocycles. The van der Waals surface area contributed by atoms with E-state index in [0.29, 0.717) is 6.42 Å². The van der Waals surface area contributed by atoms with Crippen molar-refractivity contribution in [2.75, 3.05) is 5.32 Å². The number of carbonyl (C=O) groups excluding carboxylic acids is 1. The quantitative estimate of drug-likeness (QED) is 0.777. The first-order valence-electron chi connectivity index (χ1n) is 6.61. The highest BCUT2D eigenvalue weighted by Crippen LogP contribution is 2.28. The first-order valence-corrected chi connectivity index (χ1v) is 7.40. The van der Waals surface area contributed by atoms with Gasteiger partial charge < -0.3 is 5.32 Å². The second-order valence-corrected chi connectivity index (χ2v) is 5.56. The molecule has 0 fully saturated rings. The SMILES string of the molecule is O=C(Cc1ccccc1)Nc1ccc(Br)c2cccnc12. The summed E-state index contributed by atoms with van der Waals surface area (Å²) in [6.07, 6.45) is 2.08. The van der Waals surface area contributed by atoms with Crippen molar-refractivity contribution in [1.29, 1.82) is 0 Å². The van der Waals surface area contributed by atoms with Crippen LogP contribution in [0.2, 0.25) is 0 Å². The van der Waals surface area contributed by atoms with E-state index in [9.17, 15) is 4.79 Å². The number of pyridine rings is 1. The zero-order valence-corrected chi connectivity index (χ0v) is 12.8. The molecule has 104 valence electrons. The fourth-order valence-electron chi connectivity index (χ4n) is 2.21. The van der Waals surface area contributed by atoms with Crippen molar-refractivity contribution >= 4 is 38.4 Å². The van der Waals surface area contributed by atoms with E-state index in [2.05, 4.69) is 26.2 Å². The smallest absolute Gasteiger partial charge is 0.228 e. The van der Waals surface area contributed by atoms with Crippen LogP contribution in [0.5, 0.6) is 0 Å². The van der Waals surface area contributed by atoms with Gasteiger partial charge in [-0.15, -0.1) is 0 Å². The first kappa shape index (κ1) is 13.8. The normalized spacial score (nSPS) is 10.5. The molecule has 2 aromatic carbocycles. The minimum atomic E-state index is -0.0459. The molecule has 0 atom stereocenters. The molecule has 1 amide bonds.